The Morgan fingerprint density at radius 3 is 2.07 bits per heavy atom. The number of allylic oxidation sites excluding steroid dienone is 1. The molecular weight excluding hydrogens is 528 g/mol. The van der Waals surface area contributed by atoms with Gasteiger partial charge in [0, 0.05) is 22.3 Å². The fraction of sp³-hybridized carbons (Fsp3) is 0.429. The molecule has 0 aliphatic carbocycles. The molecule has 1 heterocycles. The minimum Gasteiger partial charge on any atom is -0.373 e. The van der Waals surface area contributed by atoms with Crippen molar-refractivity contribution in [2.45, 2.75) is 77.9 Å². The van der Waals surface area contributed by atoms with Crippen molar-refractivity contribution >= 4 is 0 Å². The first kappa shape index (κ1) is 31.0. The average molecular weight is 569 g/mol. The third-order valence-electron chi connectivity index (χ3n) is 7.92. The highest BCUT2D eigenvalue weighted by Gasteiger charge is 2.27. The minimum atomic E-state index is -0.974. The summed E-state index contributed by atoms with van der Waals surface area (Å²) >= 11 is 0. The predicted molar refractivity (Wildman–Crippen MR) is 156 cm³/mol. The van der Waals surface area contributed by atoms with Crippen molar-refractivity contribution < 1.29 is 27.0 Å². The second-order valence-corrected chi connectivity index (χ2v) is 10.9. The van der Waals surface area contributed by atoms with Crippen molar-refractivity contribution in [1.29, 1.82) is 0 Å². The van der Waals surface area contributed by atoms with E-state index in [0.29, 0.717) is 36.7 Å². The van der Waals surface area contributed by atoms with Crippen LogP contribution in [-0.2, 0) is 16.1 Å². The van der Waals surface area contributed by atoms with Gasteiger partial charge in [-0.2, -0.15) is 0 Å². The molecule has 0 aromatic heterocycles. The molecule has 0 saturated carbocycles. The van der Waals surface area contributed by atoms with Gasteiger partial charge in [0.25, 0.3) is 0 Å². The molecule has 1 fully saturated rings. The van der Waals surface area contributed by atoms with Crippen LogP contribution in [0, 0.1) is 29.2 Å². The van der Waals surface area contributed by atoms with Crippen LogP contribution in [-0.4, -0.2) is 13.2 Å². The van der Waals surface area contributed by atoms with Crippen molar-refractivity contribution in [3.63, 3.8) is 0 Å². The van der Waals surface area contributed by atoms with Gasteiger partial charge in [-0.15, -0.1) is 0 Å². The van der Waals surface area contributed by atoms with Crippen LogP contribution in [0.1, 0.15) is 82.4 Å². The third-order valence-corrected chi connectivity index (χ3v) is 7.92. The lowest BCUT2D eigenvalue weighted by Gasteiger charge is -2.30. The third kappa shape index (κ3) is 7.87. The summed E-state index contributed by atoms with van der Waals surface area (Å²) in [4.78, 5) is 0. The molecule has 0 radical (unpaired) electrons. The smallest absolute Gasteiger partial charge is 0.167 e. The first-order chi connectivity index (χ1) is 19.9. The van der Waals surface area contributed by atoms with E-state index < -0.39 is 29.4 Å². The monoisotopic (exact) mass is 568 g/mol. The molecule has 0 bridgehead atoms. The molecule has 1 saturated heterocycles. The molecule has 1 aliphatic rings. The maximum absolute atomic E-state index is 15.2. The zero-order chi connectivity index (χ0) is 29.2. The van der Waals surface area contributed by atoms with E-state index >= 15 is 8.78 Å². The van der Waals surface area contributed by atoms with Crippen molar-refractivity contribution in [2.75, 3.05) is 13.2 Å². The highest BCUT2D eigenvalue weighted by Crippen LogP contribution is 2.37. The van der Waals surface area contributed by atoms with Crippen LogP contribution in [0.15, 0.2) is 60.7 Å². The van der Waals surface area contributed by atoms with Gasteiger partial charge in [-0.1, -0.05) is 99.7 Å². The fourth-order valence-electron chi connectivity index (χ4n) is 5.44. The SMILES string of the molecule is C/C=C\COCc1ccc(-c2ccc(-c3ccc(C4CCC(CCCCCCC)CO4)c(F)c3F)cc2)c(F)c1F. The number of unbranched alkanes of at least 4 members (excludes halogenated alkanes) is 4. The molecule has 2 unspecified atom stereocenters. The van der Waals surface area contributed by atoms with Crippen LogP contribution in [0.25, 0.3) is 22.3 Å². The molecule has 41 heavy (non-hydrogen) atoms. The van der Waals surface area contributed by atoms with Gasteiger partial charge < -0.3 is 9.47 Å². The Bertz CT molecular complexity index is 1290. The Balaban J connectivity index is 1.40. The summed E-state index contributed by atoms with van der Waals surface area (Å²) in [5.74, 6) is -3.28. The molecule has 0 amide bonds. The van der Waals surface area contributed by atoms with E-state index in [-0.39, 0.29) is 28.9 Å². The van der Waals surface area contributed by atoms with Crippen LogP contribution in [0.3, 0.4) is 0 Å². The van der Waals surface area contributed by atoms with E-state index in [1.54, 1.807) is 42.5 Å². The number of hydrogen-bond acceptors (Lipinski definition) is 2. The van der Waals surface area contributed by atoms with Gasteiger partial charge in [-0.25, -0.2) is 17.6 Å². The molecular formula is C35H40F4O2. The summed E-state index contributed by atoms with van der Waals surface area (Å²) in [5, 5.41) is 0. The van der Waals surface area contributed by atoms with Crippen LogP contribution < -0.4 is 0 Å². The molecule has 0 N–H and O–H groups in total. The normalized spacial score (nSPS) is 17.4. The Morgan fingerprint density at radius 1 is 0.780 bits per heavy atom. The van der Waals surface area contributed by atoms with Crippen molar-refractivity contribution in [2.24, 2.45) is 5.92 Å². The summed E-state index contributed by atoms with van der Waals surface area (Å²) in [7, 11) is 0. The van der Waals surface area contributed by atoms with Gasteiger partial charge in [-0.05, 0) is 43.2 Å². The number of hydrogen-bond donors (Lipinski definition) is 0. The maximum atomic E-state index is 15.2. The van der Waals surface area contributed by atoms with Crippen LogP contribution >= 0.6 is 0 Å². The first-order valence-corrected chi connectivity index (χ1v) is 14.8. The van der Waals surface area contributed by atoms with E-state index in [0.717, 1.165) is 12.8 Å². The first-order valence-electron chi connectivity index (χ1n) is 14.8. The quantitative estimate of drug-likeness (QED) is 0.116. The number of benzene rings is 3. The van der Waals surface area contributed by atoms with Crippen LogP contribution in [0.4, 0.5) is 17.6 Å². The Labute approximate surface area is 241 Å². The molecule has 3 aromatic carbocycles. The average Bonchev–Trinajstić information content (AvgIpc) is 2.99. The van der Waals surface area contributed by atoms with E-state index in [1.165, 1.54) is 44.2 Å². The summed E-state index contributed by atoms with van der Waals surface area (Å²) in [5.41, 5.74) is 1.45. The highest BCUT2D eigenvalue weighted by atomic mass is 19.2. The lowest BCUT2D eigenvalue weighted by molar-refractivity contribution is -0.0218. The molecule has 0 spiro atoms. The second kappa shape index (κ2) is 15.3. The molecule has 2 atom stereocenters. The minimum absolute atomic E-state index is 0.0429. The van der Waals surface area contributed by atoms with Crippen LogP contribution in [0.5, 0.6) is 0 Å². The lowest BCUT2D eigenvalue weighted by atomic mass is 9.90. The van der Waals surface area contributed by atoms with E-state index in [1.807, 2.05) is 13.0 Å². The Morgan fingerprint density at radius 2 is 1.44 bits per heavy atom. The van der Waals surface area contributed by atoms with Crippen molar-refractivity contribution in [3.05, 3.63) is 95.1 Å². The molecule has 4 rings (SSSR count). The standard InChI is InChI=1S/C35H40F4O2/c1-3-5-7-8-9-10-24-11-20-31(41-22-24)30-19-18-29(34(38)35(30)39)26-14-12-25(13-15-26)28-17-16-27(32(36)33(28)37)23-40-21-6-4-2/h4,6,12-19,24,31H,3,5,7-11,20-23H2,1-2H3/b6-4-. The maximum Gasteiger partial charge on any atom is 0.167 e. The summed E-state index contributed by atoms with van der Waals surface area (Å²) < 4.78 is 71.2. The zero-order valence-electron chi connectivity index (χ0n) is 24.0. The van der Waals surface area contributed by atoms with E-state index in [2.05, 4.69) is 6.92 Å². The van der Waals surface area contributed by atoms with Crippen LogP contribution in [0.2, 0.25) is 0 Å². The Kier molecular flexibility index (Phi) is 11.6. The lowest BCUT2D eigenvalue weighted by Crippen LogP contribution is -2.21. The second-order valence-electron chi connectivity index (χ2n) is 10.9. The van der Waals surface area contributed by atoms with Gasteiger partial charge in [0.05, 0.1) is 25.9 Å². The number of halogens is 4. The van der Waals surface area contributed by atoms with E-state index in [4.69, 9.17) is 9.47 Å². The molecule has 2 nitrogen and oxygen atoms in total. The molecule has 220 valence electrons. The van der Waals surface area contributed by atoms with Gasteiger partial charge >= 0.3 is 0 Å². The predicted octanol–water partition coefficient (Wildman–Crippen LogP) is 10.5. The zero-order valence-corrected chi connectivity index (χ0v) is 24.0. The van der Waals surface area contributed by atoms with Gasteiger partial charge in [0.2, 0.25) is 0 Å². The number of ether oxygens (including phenoxy) is 2. The fourth-order valence-corrected chi connectivity index (χ4v) is 5.44. The molecule has 3 aromatic rings. The summed E-state index contributed by atoms with van der Waals surface area (Å²) in [6.45, 7) is 4.90. The molecule has 6 heteroatoms. The van der Waals surface area contributed by atoms with Gasteiger partial charge in [0.1, 0.15) is 0 Å². The molecule has 1 aliphatic heterocycles. The van der Waals surface area contributed by atoms with Crippen molar-refractivity contribution in [1.82, 2.24) is 0 Å². The van der Waals surface area contributed by atoms with Gasteiger partial charge in [0.15, 0.2) is 23.3 Å². The highest BCUT2D eigenvalue weighted by molar-refractivity contribution is 5.71. The Hall–Kier alpha value is -2.96. The van der Waals surface area contributed by atoms with Crippen molar-refractivity contribution in [3.8, 4) is 22.3 Å². The van der Waals surface area contributed by atoms with Gasteiger partial charge in [-0.3, -0.25) is 0 Å². The summed E-state index contributed by atoms with van der Waals surface area (Å²) in [6.07, 6.45) is 12.1. The van der Waals surface area contributed by atoms with E-state index in [9.17, 15) is 8.78 Å². The topological polar surface area (TPSA) is 18.5 Å². The number of rotatable bonds is 13. The summed E-state index contributed by atoms with van der Waals surface area (Å²) in [6, 6.07) is 12.5. The largest absolute Gasteiger partial charge is 0.373 e.